The van der Waals surface area contributed by atoms with Gasteiger partial charge in [-0.15, -0.1) is 0 Å². The molecule has 3 heterocycles. The van der Waals surface area contributed by atoms with Crippen molar-refractivity contribution in [3.8, 4) is 11.5 Å². The number of aliphatic imine (C=N–C) groups is 1. The average molecular weight is 417 g/mol. The van der Waals surface area contributed by atoms with E-state index in [1.807, 2.05) is 12.1 Å². The van der Waals surface area contributed by atoms with E-state index in [9.17, 15) is 9.59 Å². The summed E-state index contributed by atoms with van der Waals surface area (Å²) in [4.78, 5) is 33.7. The highest BCUT2D eigenvalue weighted by molar-refractivity contribution is 8.18. The molecule has 0 atom stereocenters. The summed E-state index contributed by atoms with van der Waals surface area (Å²) in [5, 5.41) is 3.49. The molecule has 2 aliphatic rings. The first-order valence-corrected chi connectivity index (χ1v) is 10.0. The van der Waals surface area contributed by atoms with Crippen LogP contribution in [0.25, 0.3) is 6.08 Å². The van der Waals surface area contributed by atoms with E-state index in [-0.39, 0.29) is 12.7 Å². The van der Waals surface area contributed by atoms with Crippen molar-refractivity contribution in [3.63, 3.8) is 0 Å². The van der Waals surface area contributed by atoms with Gasteiger partial charge in [0.25, 0.3) is 5.91 Å². The molecule has 1 saturated heterocycles. The molecule has 1 N–H and O–H groups in total. The first-order valence-electron chi connectivity index (χ1n) is 8.37. The average Bonchev–Trinajstić information content (AvgIpc) is 3.35. The van der Waals surface area contributed by atoms with Crippen molar-refractivity contribution in [1.29, 1.82) is 0 Å². The second kappa shape index (κ2) is 7.64. The minimum Gasteiger partial charge on any atom is -0.462 e. The lowest BCUT2D eigenvalue weighted by Gasteiger charge is -1.98. The molecule has 1 aromatic heterocycles. The van der Waals surface area contributed by atoms with Gasteiger partial charge in [0.05, 0.1) is 17.2 Å². The largest absolute Gasteiger partial charge is 0.462 e. The van der Waals surface area contributed by atoms with Crippen molar-refractivity contribution in [2.75, 3.05) is 13.4 Å². The number of nitrogens with zero attached hydrogens (tertiary/aromatic N) is 2. The summed E-state index contributed by atoms with van der Waals surface area (Å²) in [7, 11) is 0. The Bertz CT molecular complexity index is 1030. The molecule has 1 aromatic carbocycles. The molecule has 0 bridgehead atoms. The zero-order valence-corrected chi connectivity index (χ0v) is 16.6. The van der Waals surface area contributed by atoms with Crippen LogP contribution in [0, 0.1) is 6.92 Å². The van der Waals surface area contributed by atoms with Crippen LogP contribution in [-0.2, 0) is 9.53 Å². The molecule has 4 rings (SSSR count). The first-order chi connectivity index (χ1) is 13.5. The Balaban J connectivity index is 1.53. The van der Waals surface area contributed by atoms with Crippen LogP contribution in [-0.4, -0.2) is 35.4 Å². The van der Waals surface area contributed by atoms with Crippen molar-refractivity contribution in [2.45, 2.75) is 13.8 Å². The highest BCUT2D eigenvalue weighted by atomic mass is 32.2. The van der Waals surface area contributed by atoms with Gasteiger partial charge in [-0.1, -0.05) is 17.4 Å². The summed E-state index contributed by atoms with van der Waals surface area (Å²) >= 11 is 2.33. The van der Waals surface area contributed by atoms with Crippen LogP contribution in [0.2, 0.25) is 0 Å². The number of aromatic nitrogens is 1. The third-order valence-corrected chi connectivity index (χ3v) is 5.73. The van der Waals surface area contributed by atoms with Gasteiger partial charge in [0.1, 0.15) is 4.88 Å². The van der Waals surface area contributed by atoms with Crippen molar-refractivity contribution in [2.24, 2.45) is 4.99 Å². The second-order valence-corrected chi connectivity index (χ2v) is 7.73. The predicted octanol–water partition coefficient (Wildman–Crippen LogP) is 3.25. The van der Waals surface area contributed by atoms with Crippen LogP contribution >= 0.6 is 23.1 Å². The van der Waals surface area contributed by atoms with Gasteiger partial charge < -0.3 is 19.5 Å². The summed E-state index contributed by atoms with van der Waals surface area (Å²) in [5.41, 5.74) is 1.37. The number of aryl methyl sites for hydroxylation is 1. The monoisotopic (exact) mass is 417 g/mol. The number of carbonyl (C=O) groups is 2. The molecule has 1 amide bonds. The number of esters is 1. The lowest BCUT2D eigenvalue weighted by atomic mass is 10.2. The SMILES string of the molecule is CCOC(=O)c1sc(N=C2NC(=O)/C(=C/c3ccc4c(c3)OCO4)S2)nc1C. The number of benzene rings is 1. The number of ether oxygens (including phenoxy) is 3. The molecule has 2 aromatic rings. The molecule has 10 heteroatoms. The molecule has 0 spiro atoms. The highest BCUT2D eigenvalue weighted by Gasteiger charge is 2.25. The van der Waals surface area contributed by atoms with E-state index in [4.69, 9.17) is 14.2 Å². The third kappa shape index (κ3) is 3.73. The number of thioether (sulfide) groups is 1. The van der Waals surface area contributed by atoms with E-state index in [1.54, 1.807) is 26.0 Å². The molecule has 2 aliphatic heterocycles. The van der Waals surface area contributed by atoms with Crippen LogP contribution in [0.5, 0.6) is 11.5 Å². The third-order valence-electron chi connectivity index (χ3n) is 3.79. The van der Waals surface area contributed by atoms with Crippen molar-refractivity contribution in [3.05, 3.63) is 39.2 Å². The zero-order valence-electron chi connectivity index (χ0n) is 15.0. The van der Waals surface area contributed by atoms with Gasteiger partial charge in [-0.2, -0.15) is 4.99 Å². The van der Waals surface area contributed by atoms with Crippen molar-refractivity contribution in [1.82, 2.24) is 10.3 Å². The number of hydrogen-bond donors (Lipinski definition) is 1. The number of fused-ring (bicyclic) bond motifs is 1. The molecule has 0 radical (unpaired) electrons. The summed E-state index contributed by atoms with van der Waals surface area (Å²) in [5.74, 6) is 0.664. The van der Waals surface area contributed by atoms with Crippen LogP contribution in [0.4, 0.5) is 5.13 Å². The van der Waals surface area contributed by atoms with Crippen LogP contribution in [0.1, 0.15) is 27.9 Å². The predicted molar refractivity (Wildman–Crippen MR) is 106 cm³/mol. The molecule has 0 unspecified atom stereocenters. The fraction of sp³-hybridized carbons (Fsp3) is 0.222. The Kier molecular flexibility index (Phi) is 5.05. The molecule has 0 saturated carbocycles. The van der Waals surface area contributed by atoms with Gasteiger partial charge in [-0.25, -0.2) is 9.78 Å². The Hall–Kier alpha value is -2.85. The quantitative estimate of drug-likeness (QED) is 0.602. The van der Waals surface area contributed by atoms with Gasteiger partial charge in [0, 0.05) is 0 Å². The van der Waals surface area contributed by atoms with Gasteiger partial charge in [-0.05, 0) is 49.4 Å². The molecule has 0 aliphatic carbocycles. The second-order valence-electron chi connectivity index (χ2n) is 5.73. The number of carbonyl (C=O) groups excluding carboxylic acids is 2. The van der Waals surface area contributed by atoms with Gasteiger partial charge in [-0.3, -0.25) is 4.79 Å². The molecule has 28 heavy (non-hydrogen) atoms. The fourth-order valence-electron chi connectivity index (χ4n) is 2.54. The highest BCUT2D eigenvalue weighted by Crippen LogP contribution is 2.35. The molecule has 1 fully saturated rings. The Labute approximate surface area is 168 Å². The van der Waals surface area contributed by atoms with E-state index < -0.39 is 5.97 Å². The number of rotatable bonds is 4. The minimum atomic E-state index is -0.421. The standard InChI is InChI=1S/C18H15N3O5S2/c1-3-24-16(23)14-9(2)19-17(28-14)21-18-20-15(22)13(27-18)7-10-4-5-11-12(6-10)26-8-25-11/h4-7H,3,8H2,1-2H3,(H,19,20,21,22)/b13-7-. The topological polar surface area (TPSA) is 99.1 Å². The summed E-state index contributed by atoms with van der Waals surface area (Å²) in [6.07, 6.45) is 1.75. The fourth-order valence-corrected chi connectivity index (χ4v) is 4.26. The van der Waals surface area contributed by atoms with Crippen molar-refractivity contribution >= 4 is 51.4 Å². The van der Waals surface area contributed by atoms with Gasteiger partial charge in [0.15, 0.2) is 16.7 Å². The lowest BCUT2D eigenvalue weighted by Crippen LogP contribution is -2.19. The summed E-state index contributed by atoms with van der Waals surface area (Å²) in [6.45, 7) is 3.95. The summed E-state index contributed by atoms with van der Waals surface area (Å²) < 4.78 is 15.6. The maximum atomic E-state index is 12.3. The van der Waals surface area contributed by atoms with Crippen LogP contribution < -0.4 is 14.8 Å². The molecular weight excluding hydrogens is 402 g/mol. The molecule has 144 valence electrons. The smallest absolute Gasteiger partial charge is 0.350 e. The van der Waals surface area contributed by atoms with E-state index in [1.165, 1.54) is 11.8 Å². The van der Waals surface area contributed by atoms with E-state index in [2.05, 4.69) is 15.3 Å². The maximum absolute atomic E-state index is 12.3. The maximum Gasteiger partial charge on any atom is 0.350 e. The number of amidine groups is 1. The van der Waals surface area contributed by atoms with E-state index >= 15 is 0 Å². The Morgan fingerprint density at radius 1 is 1.39 bits per heavy atom. The normalized spacial score (nSPS) is 18.0. The van der Waals surface area contributed by atoms with Crippen molar-refractivity contribution < 1.29 is 23.8 Å². The Morgan fingerprint density at radius 3 is 3.04 bits per heavy atom. The minimum absolute atomic E-state index is 0.197. The van der Waals surface area contributed by atoms with E-state index in [0.29, 0.717) is 43.9 Å². The molecular formula is C18H15N3O5S2. The van der Waals surface area contributed by atoms with E-state index in [0.717, 1.165) is 16.9 Å². The zero-order chi connectivity index (χ0) is 19.7. The number of nitrogens with one attached hydrogen (secondary N) is 1. The van der Waals surface area contributed by atoms with Gasteiger partial charge in [0.2, 0.25) is 11.9 Å². The summed E-state index contributed by atoms with van der Waals surface area (Å²) in [6, 6.07) is 5.46. The number of hydrogen-bond acceptors (Lipinski definition) is 9. The molecule has 8 nitrogen and oxygen atoms in total. The number of amides is 1. The van der Waals surface area contributed by atoms with Crippen LogP contribution in [0.15, 0.2) is 28.1 Å². The van der Waals surface area contributed by atoms with Gasteiger partial charge >= 0.3 is 5.97 Å². The number of thiazole rings is 1. The first kappa shape index (κ1) is 18.5. The van der Waals surface area contributed by atoms with Crippen LogP contribution in [0.3, 0.4) is 0 Å². The lowest BCUT2D eigenvalue weighted by molar-refractivity contribution is -0.115. The Morgan fingerprint density at radius 2 is 2.21 bits per heavy atom.